The van der Waals surface area contributed by atoms with Gasteiger partial charge in [0.05, 0.1) is 18.2 Å². The highest BCUT2D eigenvalue weighted by Crippen LogP contribution is 2.22. The normalized spacial score (nSPS) is 29.0. The molecule has 2 fully saturated rings. The topological polar surface area (TPSA) is 99.2 Å². The Bertz CT molecular complexity index is 465. The quantitative estimate of drug-likeness (QED) is 0.679. The first-order valence-electron chi connectivity index (χ1n) is 6.92. The molecule has 8 nitrogen and oxygen atoms in total. The molecule has 2 aliphatic rings. The fraction of sp³-hybridized carbons (Fsp3) is 0.769. The van der Waals surface area contributed by atoms with Gasteiger partial charge in [-0.3, -0.25) is 9.69 Å². The molecule has 2 unspecified atom stereocenters. The second kappa shape index (κ2) is 5.51. The van der Waals surface area contributed by atoms with Crippen LogP contribution < -0.4 is 5.32 Å². The maximum Gasteiger partial charge on any atom is 0.328 e. The minimum absolute atomic E-state index is 0.0663. The van der Waals surface area contributed by atoms with E-state index in [4.69, 9.17) is 4.74 Å². The summed E-state index contributed by atoms with van der Waals surface area (Å²) in [5.74, 6) is -1.47. The first kappa shape index (κ1) is 15.6. The van der Waals surface area contributed by atoms with Gasteiger partial charge in [-0.2, -0.15) is 0 Å². The molecule has 0 aromatic heterocycles. The summed E-state index contributed by atoms with van der Waals surface area (Å²) in [7, 11) is 0. The van der Waals surface area contributed by atoms with Crippen LogP contribution >= 0.6 is 0 Å². The fourth-order valence-corrected chi connectivity index (χ4v) is 2.84. The third-order valence-corrected chi connectivity index (χ3v) is 3.55. The molecule has 2 heterocycles. The lowest BCUT2D eigenvalue weighted by Crippen LogP contribution is -2.64. The number of carboxylic acid groups (broad SMARTS) is 1. The van der Waals surface area contributed by atoms with E-state index in [1.807, 2.05) is 20.8 Å². The summed E-state index contributed by atoms with van der Waals surface area (Å²) in [4.78, 5) is 38.0. The molecule has 8 heteroatoms. The summed E-state index contributed by atoms with van der Waals surface area (Å²) in [6, 6.07) is -1.46. The SMILES string of the molecule is CC1CN(C(=O)N2CC(=O)NCC2C(=O)O)CC(C)(C)O1. The number of carbonyl (C=O) groups excluding carboxylic acids is 2. The van der Waals surface area contributed by atoms with E-state index < -0.39 is 23.6 Å². The van der Waals surface area contributed by atoms with E-state index in [0.717, 1.165) is 4.90 Å². The largest absolute Gasteiger partial charge is 0.480 e. The molecule has 2 atom stereocenters. The van der Waals surface area contributed by atoms with E-state index in [1.54, 1.807) is 4.90 Å². The molecule has 0 aromatic rings. The lowest BCUT2D eigenvalue weighted by atomic mass is 10.1. The smallest absolute Gasteiger partial charge is 0.328 e. The van der Waals surface area contributed by atoms with E-state index in [-0.39, 0.29) is 25.1 Å². The van der Waals surface area contributed by atoms with Crippen molar-refractivity contribution in [1.82, 2.24) is 15.1 Å². The number of carbonyl (C=O) groups is 3. The van der Waals surface area contributed by atoms with E-state index >= 15 is 0 Å². The summed E-state index contributed by atoms with van der Waals surface area (Å²) >= 11 is 0. The first-order chi connectivity index (χ1) is 9.69. The molecule has 21 heavy (non-hydrogen) atoms. The van der Waals surface area contributed by atoms with Crippen molar-refractivity contribution in [2.45, 2.75) is 38.5 Å². The Balaban J connectivity index is 2.16. The molecule has 0 aliphatic carbocycles. The highest BCUT2D eigenvalue weighted by atomic mass is 16.5. The van der Waals surface area contributed by atoms with Crippen molar-refractivity contribution in [2.75, 3.05) is 26.2 Å². The van der Waals surface area contributed by atoms with Crippen LogP contribution in [0.5, 0.6) is 0 Å². The summed E-state index contributed by atoms with van der Waals surface area (Å²) < 4.78 is 5.73. The number of nitrogens with one attached hydrogen (secondary N) is 1. The number of urea groups is 1. The molecular formula is C13H21N3O5. The Hall–Kier alpha value is -1.83. The van der Waals surface area contributed by atoms with Crippen LogP contribution in [0.4, 0.5) is 4.79 Å². The predicted octanol–water partition coefficient (Wildman–Crippen LogP) is -0.509. The van der Waals surface area contributed by atoms with Crippen molar-refractivity contribution in [1.29, 1.82) is 0 Å². The summed E-state index contributed by atoms with van der Waals surface area (Å²) in [5, 5.41) is 11.7. The van der Waals surface area contributed by atoms with Gasteiger partial charge in [-0.25, -0.2) is 9.59 Å². The average molecular weight is 299 g/mol. The number of hydrogen-bond donors (Lipinski definition) is 2. The molecule has 2 rings (SSSR count). The van der Waals surface area contributed by atoms with Crippen LogP contribution in [0.1, 0.15) is 20.8 Å². The van der Waals surface area contributed by atoms with Crippen LogP contribution in [0, 0.1) is 0 Å². The standard InChI is InChI=1S/C13H21N3O5/c1-8-5-15(7-13(2,3)21-8)12(20)16-6-10(17)14-4-9(16)11(18)19/h8-9H,4-7H2,1-3H3,(H,14,17)(H,18,19). The van der Waals surface area contributed by atoms with Crippen molar-refractivity contribution in [3.8, 4) is 0 Å². The number of hydrogen-bond acceptors (Lipinski definition) is 4. The molecule has 2 N–H and O–H groups in total. The summed E-state index contributed by atoms with van der Waals surface area (Å²) in [6.45, 7) is 6.05. The van der Waals surface area contributed by atoms with Crippen LogP contribution in [-0.2, 0) is 14.3 Å². The minimum Gasteiger partial charge on any atom is -0.480 e. The van der Waals surface area contributed by atoms with Gasteiger partial charge < -0.3 is 20.1 Å². The monoisotopic (exact) mass is 299 g/mol. The number of amides is 3. The number of aliphatic carboxylic acids is 1. The number of ether oxygens (including phenoxy) is 1. The lowest BCUT2D eigenvalue weighted by molar-refractivity contribution is -0.145. The molecule has 2 aliphatic heterocycles. The number of rotatable bonds is 1. The maximum absolute atomic E-state index is 12.6. The highest BCUT2D eigenvalue weighted by molar-refractivity contribution is 5.90. The van der Waals surface area contributed by atoms with Gasteiger partial charge in [0.15, 0.2) is 0 Å². The molecular weight excluding hydrogens is 278 g/mol. The Kier molecular flexibility index (Phi) is 4.08. The zero-order chi connectivity index (χ0) is 15.8. The first-order valence-corrected chi connectivity index (χ1v) is 6.92. The summed E-state index contributed by atoms with van der Waals surface area (Å²) in [6.07, 6.45) is -0.139. The Morgan fingerprint density at radius 1 is 1.43 bits per heavy atom. The van der Waals surface area contributed by atoms with Gasteiger partial charge in [-0.15, -0.1) is 0 Å². The number of nitrogens with zero attached hydrogens (tertiary/aromatic N) is 2. The van der Waals surface area contributed by atoms with Crippen LogP contribution in [0.2, 0.25) is 0 Å². The molecule has 118 valence electrons. The molecule has 0 aromatic carbocycles. The zero-order valence-corrected chi connectivity index (χ0v) is 12.5. The van der Waals surface area contributed by atoms with Crippen molar-refractivity contribution in [3.05, 3.63) is 0 Å². The van der Waals surface area contributed by atoms with E-state index in [9.17, 15) is 19.5 Å². The highest BCUT2D eigenvalue weighted by Gasteiger charge is 2.41. The zero-order valence-electron chi connectivity index (χ0n) is 12.5. The molecule has 0 spiro atoms. The van der Waals surface area contributed by atoms with E-state index in [1.165, 1.54) is 0 Å². The van der Waals surface area contributed by atoms with Gasteiger partial charge >= 0.3 is 12.0 Å². The van der Waals surface area contributed by atoms with Crippen molar-refractivity contribution in [3.63, 3.8) is 0 Å². The van der Waals surface area contributed by atoms with Crippen molar-refractivity contribution >= 4 is 17.9 Å². The predicted molar refractivity (Wildman–Crippen MR) is 72.7 cm³/mol. The second-order valence-electron chi connectivity index (χ2n) is 6.14. The van der Waals surface area contributed by atoms with E-state index in [2.05, 4.69) is 5.32 Å². The second-order valence-corrected chi connectivity index (χ2v) is 6.14. The van der Waals surface area contributed by atoms with Gasteiger partial charge in [0.25, 0.3) is 0 Å². The lowest BCUT2D eigenvalue weighted by Gasteiger charge is -2.44. The minimum atomic E-state index is -1.12. The van der Waals surface area contributed by atoms with Gasteiger partial charge in [-0.05, 0) is 20.8 Å². The van der Waals surface area contributed by atoms with Gasteiger partial charge in [0.2, 0.25) is 5.91 Å². The van der Waals surface area contributed by atoms with Crippen LogP contribution in [0.25, 0.3) is 0 Å². The van der Waals surface area contributed by atoms with Gasteiger partial charge in [0, 0.05) is 13.1 Å². The Morgan fingerprint density at radius 2 is 2.10 bits per heavy atom. The maximum atomic E-state index is 12.6. The Morgan fingerprint density at radius 3 is 2.67 bits per heavy atom. The molecule has 3 amide bonds. The Labute approximate surface area is 123 Å². The van der Waals surface area contributed by atoms with Crippen LogP contribution in [-0.4, -0.2) is 76.7 Å². The third-order valence-electron chi connectivity index (χ3n) is 3.55. The third kappa shape index (κ3) is 3.44. The number of morpholine rings is 1. The fourth-order valence-electron chi connectivity index (χ4n) is 2.84. The molecule has 0 bridgehead atoms. The summed E-state index contributed by atoms with van der Waals surface area (Å²) in [5.41, 5.74) is -0.496. The number of carboxylic acids is 1. The molecule has 0 radical (unpaired) electrons. The van der Waals surface area contributed by atoms with Crippen molar-refractivity contribution < 1.29 is 24.2 Å². The average Bonchev–Trinajstić information content (AvgIpc) is 2.34. The van der Waals surface area contributed by atoms with Crippen LogP contribution in [0.15, 0.2) is 0 Å². The number of piperazine rings is 1. The van der Waals surface area contributed by atoms with Crippen molar-refractivity contribution in [2.24, 2.45) is 0 Å². The molecule has 2 saturated heterocycles. The molecule has 0 saturated carbocycles. The van der Waals surface area contributed by atoms with Crippen LogP contribution in [0.3, 0.4) is 0 Å². The van der Waals surface area contributed by atoms with E-state index in [0.29, 0.717) is 13.1 Å². The van der Waals surface area contributed by atoms with Gasteiger partial charge in [-0.1, -0.05) is 0 Å². The van der Waals surface area contributed by atoms with Gasteiger partial charge in [0.1, 0.15) is 12.6 Å².